The second kappa shape index (κ2) is 5.17. The zero-order valence-electron chi connectivity index (χ0n) is 13.6. The maximum Gasteiger partial charge on any atom is 0.0933 e. The van der Waals surface area contributed by atoms with Gasteiger partial charge in [0.15, 0.2) is 0 Å². The van der Waals surface area contributed by atoms with E-state index < -0.39 is 0 Å². The summed E-state index contributed by atoms with van der Waals surface area (Å²) in [6.45, 7) is 11.5. The van der Waals surface area contributed by atoms with Gasteiger partial charge < -0.3 is 9.47 Å². The predicted octanol–water partition coefficient (Wildman–Crippen LogP) is 4.41. The van der Waals surface area contributed by atoms with Gasteiger partial charge in [0, 0.05) is 10.5 Å². The lowest BCUT2D eigenvalue weighted by atomic mass is 9.83. The van der Waals surface area contributed by atoms with Crippen LogP contribution in [0.5, 0.6) is 0 Å². The first-order chi connectivity index (χ1) is 9.36. The molecule has 1 aliphatic carbocycles. The van der Waals surface area contributed by atoms with Gasteiger partial charge in [0.2, 0.25) is 0 Å². The largest absolute Gasteiger partial charge is 0.367 e. The highest BCUT2D eigenvalue weighted by molar-refractivity contribution is 8.00. The van der Waals surface area contributed by atoms with Crippen LogP contribution >= 0.6 is 11.8 Å². The van der Waals surface area contributed by atoms with Crippen LogP contribution in [0, 0.1) is 5.92 Å². The van der Waals surface area contributed by atoms with Crippen molar-refractivity contribution in [2.24, 2.45) is 5.92 Å². The second-order valence-electron chi connectivity index (χ2n) is 7.71. The van der Waals surface area contributed by atoms with Crippen molar-refractivity contribution in [2.45, 2.75) is 101 Å². The lowest BCUT2D eigenvalue weighted by Gasteiger charge is -2.30. The van der Waals surface area contributed by atoms with Gasteiger partial charge in [-0.2, -0.15) is 11.8 Å². The standard InChI is InChI=1S/C17H30O2S/c1-6-7-13(9-16(4)12(3)18-16)20-14-8-11(2)15-17(5,10-14)19-15/h11-15H,6-10H2,1-5H3. The van der Waals surface area contributed by atoms with Gasteiger partial charge in [-0.25, -0.2) is 0 Å². The molecular formula is C17H30O2S. The number of ether oxygens (including phenoxy) is 2. The van der Waals surface area contributed by atoms with E-state index in [1.165, 1.54) is 32.1 Å². The predicted molar refractivity (Wildman–Crippen MR) is 85.3 cm³/mol. The average molecular weight is 298 g/mol. The van der Waals surface area contributed by atoms with Crippen LogP contribution in [-0.4, -0.2) is 33.9 Å². The summed E-state index contributed by atoms with van der Waals surface area (Å²) in [5, 5.41) is 1.54. The van der Waals surface area contributed by atoms with Crippen LogP contribution in [-0.2, 0) is 9.47 Å². The van der Waals surface area contributed by atoms with E-state index in [2.05, 4.69) is 46.4 Å². The number of fused-ring (bicyclic) bond motifs is 1. The Labute approximate surface area is 128 Å². The highest BCUT2D eigenvalue weighted by Crippen LogP contribution is 2.54. The molecule has 7 atom stereocenters. The maximum atomic E-state index is 5.94. The molecule has 7 unspecified atom stereocenters. The topological polar surface area (TPSA) is 25.1 Å². The Morgan fingerprint density at radius 2 is 1.95 bits per heavy atom. The van der Waals surface area contributed by atoms with E-state index in [0.717, 1.165) is 16.4 Å². The number of epoxide rings is 2. The summed E-state index contributed by atoms with van der Waals surface area (Å²) in [6, 6.07) is 0. The summed E-state index contributed by atoms with van der Waals surface area (Å²) in [4.78, 5) is 0. The highest BCUT2D eigenvalue weighted by atomic mass is 32.2. The van der Waals surface area contributed by atoms with Crippen molar-refractivity contribution in [3.05, 3.63) is 0 Å². The molecule has 0 amide bonds. The van der Waals surface area contributed by atoms with Gasteiger partial charge in [0.1, 0.15) is 0 Å². The molecule has 0 aromatic carbocycles. The lowest BCUT2D eigenvalue weighted by molar-refractivity contribution is 0.295. The lowest BCUT2D eigenvalue weighted by Crippen LogP contribution is -2.31. The molecule has 0 spiro atoms. The molecule has 0 aromatic heterocycles. The minimum atomic E-state index is 0.162. The van der Waals surface area contributed by atoms with E-state index in [1.807, 2.05) is 0 Å². The Morgan fingerprint density at radius 1 is 1.25 bits per heavy atom. The molecule has 3 heteroatoms. The second-order valence-corrected chi connectivity index (χ2v) is 9.32. The molecule has 0 bridgehead atoms. The van der Waals surface area contributed by atoms with Gasteiger partial charge in [0.05, 0.1) is 23.4 Å². The van der Waals surface area contributed by atoms with Crippen LogP contribution < -0.4 is 0 Å². The average Bonchev–Trinajstić information content (AvgIpc) is 3.16. The van der Waals surface area contributed by atoms with Crippen LogP contribution in [0.15, 0.2) is 0 Å². The molecule has 20 heavy (non-hydrogen) atoms. The third kappa shape index (κ3) is 2.91. The van der Waals surface area contributed by atoms with Crippen molar-refractivity contribution in [1.29, 1.82) is 0 Å². The Kier molecular flexibility index (Phi) is 3.92. The quantitative estimate of drug-likeness (QED) is 0.679. The molecular weight excluding hydrogens is 268 g/mol. The third-order valence-electron chi connectivity index (χ3n) is 5.60. The third-order valence-corrected chi connectivity index (χ3v) is 7.13. The van der Waals surface area contributed by atoms with Crippen molar-refractivity contribution >= 4 is 11.8 Å². The Bertz CT molecular complexity index is 374. The molecule has 0 aromatic rings. The minimum Gasteiger partial charge on any atom is -0.367 e. The van der Waals surface area contributed by atoms with E-state index in [9.17, 15) is 0 Å². The summed E-state index contributed by atoms with van der Waals surface area (Å²) in [6.07, 6.45) is 7.41. The monoisotopic (exact) mass is 298 g/mol. The number of hydrogen-bond donors (Lipinski definition) is 0. The van der Waals surface area contributed by atoms with Gasteiger partial charge in [0.25, 0.3) is 0 Å². The number of rotatable bonds is 6. The Morgan fingerprint density at radius 3 is 2.50 bits per heavy atom. The van der Waals surface area contributed by atoms with E-state index in [1.54, 1.807) is 0 Å². The Balaban J connectivity index is 1.56. The molecule has 116 valence electrons. The zero-order valence-corrected chi connectivity index (χ0v) is 14.5. The molecule has 3 rings (SSSR count). The van der Waals surface area contributed by atoms with Crippen molar-refractivity contribution in [3.63, 3.8) is 0 Å². The van der Waals surface area contributed by atoms with Gasteiger partial charge in [-0.3, -0.25) is 0 Å². The van der Waals surface area contributed by atoms with E-state index in [4.69, 9.17) is 9.47 Å². The van der Waals surface area contributed by atoms with E-state index in [-0.39, 0.29) is 11.2 Å². The fourth-order valence-electron chi connectivity index (χ4n) is 4.16. The molecule has 3 aliphatic rings. The van der Waals surface area contributed by atoms with Gasteiger partial charge in [-0.1, -0.05) is 20.3 Å². The Hall–Kier alpha value is 0.270. The van der Waals surface area contributed by atoms with E-state index in [0.29, 0.717) is 12.2 Å². The number of thioether (sulfide) groups is 1. The SMILES string of the molecule is CCCC(CC1(C)OC1C)SC1CC(C)C2OC2(C)C1. The van der Waals surface area contributed by atoms with Crippen LogP contribution in [0.3, 0.4) is 0 Å². The van der Waals surface area contributed by atoms with Gasteiger partial charge >= 0.3 is 0 Å². The van der Waals surface area contributed by atoms with Crippen LogP contribution in [0.25, 0.3) is 0 Å². The van der Waals surface area contributed by atoms with Crippen LogP contribution in [0.4, 0.5) is 0 Å². The smallest absolute Gasteiger partial charge is 0.0933 e. The molecule has 1 saturated carbocycles. The van der Waals surface area contributed by atoms with Crippen molar-refractivity contribution in [1.82, 2.24) is 0 Å². The normalized spacial score (nSPS) is 51.5. The first kappa shape index (κ1) is 15.2. The van der Waals surface area contributed by atoms with Gasteiger partial charge in [-0.05, 0) is 52.4 Å². The van der Waals surface area contributed by atoms with E-state index >= 15 is 0 Å². The molecule has 3 fully saturated rings. The summed E-state index contributed by atoms with van der Waals surface area (Å²) in [5.41, 5.74) is 0.370. The fourth-order valence-corrected chi connectivity index (χ4v) is 6.35. The summed E-state index contributed by atoms with van der Waals surface area (Å²) < 4.78 is 11.7. The number of hydrogen-bond acceptors (Lipinski definition) is 3. The molecule has 2 aliphatic heterocycles. The molecule has 2 saturated heterocycles. The fraction of sp³-hybridized carbons (Fsp3) is 1.00. The van der Waals surface area contributed by atoms with Crippen molar-refractivity contribution in [2.75, 3.05) is 0 Å². The summed E-state index contributed by atoms with van der Waals surface area (Å²) >= 11 is 2.23. The molecule has 2 heterocycles. The summed E-state index contributed by atoms with van der Waals surface area (Å²) in [7, 11) is 0. The van der Waals surface area contributed by atoms with Gasteiger partial charge in [-0.15, -0.1) is 0 Å². The van der Waals surface area contributed by atoms with Crippen LogP contribution in [0.1, 0.15) is 66.7 Å². The molecule has 0 N–H and O–H groups in total. The first-order valence-electron chi connectivity index (χ1n) is 8.37. The highest BCUT2D eigenvalue weighted by Gasteiger charge is 2.59. The summed E-state index contributed by atoms with van der Waals surface area (Å²) in [5.74, 6) is 0.736. The van der Waals surface area contributed by atoms with Crippen molar-refractivity contribution < 1.29 is 9.47 Å². The molecule has 2 nitrogen and oxygen atoms in total. The molecule has 0 radical (unpaired) electrons. The van der Waals surface area contributed by atoms with Crippen molar-refractivity contribution in [3.8, 4) is 0 Å². The minimum absolute atomic E-state index is 0.162. The first-order valence-corrected chi connectivity index (χ1v) is 9.31. The zero-order chi connectivity index (χ0) is 14.5. The maximum absolute atomic E-state index is 5.94. The van der Waals surface area contributed by atoms with Crippen LogP contribution in [0.2, 0.25) is 0 Å².